The Labute approximate surface area is 392 Å². The third kappa shape index (κ3) is 8.75. The summed E-state index contributed by atoms with van der Waals surface area (Å²) in [5.41, 5.74) is 22.1. The lowest BCUT2D eigenvalue weighted by Gasteiger charge is -2.19. The predicted molar refractivity (Wildman–Crippen MR) is 278 cm³/mol. The van der Waals surface area contributed by atoms with Crippen LogP contribution < -0.4 is 0 Å². The van der Waals surface area contributed by atoms with Gasteiger partial charge in [-0.05, 0) is 91.9 Å². The van der Waals surface area contributed by atoms with Crippen molar-refractivity contribution in [1.82, 2.24) is 15.0 Å². The van der Waals surface area contributed by atoms with E-state index in [1.807, 2.05) is 30.6 Å². The molecule has 0 bridgehead atoms. The Morgan fingerprint density at radius 3 is 1.15 bits per heavy atom. The van der Waals surface area contributed by atoms with Gasteiger partial charge in [0.05, 0.1) is 17.1 Å². The van der Waals surface area contributed by atoms with Crippen LogP contribution in [0.25, 0.3) is 101 Å². The van der Waals surface area contributed by atoms with Crippen LogP contribution in [0.2, 0.25) is 0 Å². The molecule has 3 heteroatoms. The van der Waals surface area contributed by atoms with E-state index in [4.69, 9.17) is 15.0 Å². The van der Waals surface area contributed by atoms with Crippen molar-refractivity contribution in [1.29, 1.82) is 0 Å². The minimum atomic E-state index is 0.720. The van der Waals surface area contributed by atoms with Crippen LogP contribution in [0.5, 0.6) is 0 Å². The molecule has 3 aromatic heterocycles. The molecule has 0 saturated carbocycles. The summed E-state index contributed by atoms with van der Waals surface area (Å²) in [5.74, 6) is 0. The molecule has 11 aromatic rings. The average Bonchev–Trinajstić information content (AvgIpc) is 3.42. The van der Waals surface area contributed by atoms with Gasteiger partial charge in [-0.3, -0.25) is 15.0 Å². The first-order chi connectivity index (χ1) is 33.2. The van der Waals surface area contributed by atoms with Crippen LogP contribution in [0.1, 0.15) is 11.1 Å². The molecule has 0 amide bonds. The number of nitrogens with zero attached hydrogens (tertiary/aromatic N) is 3. The number of rotatable bonds is 11. The van der Waals surface area contributed by atoms with E-state index in [1.54, 1.807) is 0 Å². The Morgan fingerprint density at radius 1 is 0.224 bits per heavy atom. The highest BCUT2D eigenvalue weighted by molar-refractivity contribution is 5.94. The summed E-state index contributed by atoms with van der Waals surface area (Å²) in [4.78, 5) is 15.0. The van der Waals surface area contributed by atoms with Crippen molar-refractivity contribution in [3.05, 3.63) is 272 Å². The third-order valence-corrected chi connectivity index (χ3v) is 12.5. The van der Waals surface area contributed by atoms with E-state index >= 15 is 0 Å². The van der Waals surface area contributed by atoms with Crippen molar-refractivity contribution in [3.8, 4) is 101 Å². The average molecular weight is 856 g/mol. The van der Waals surface area contributed by atoms with Crippen LogP contribution >= 0.6 is 0 Å². The van der Waals surface area contributed by atoms with Crippen molar-refractivity contribution in [2.24, 2.45) is 0 Å². The SMILES string of the molecule is c1ccc(-c2ccc(-c3ccccc3Cc3cc(-c4ccccc4-c4ccc(-c5ccccc5)nc4)cc(-c4ccccc4-c4cnc(-c5ccccc5)cc4-c4ccccc4)c3)cn2)cc1. The van der Waals surface area contributed by atoms with Crippen LogP contribution in [0, 0.1) is 0 Å². The van der Waals surface area contributed by atoms with E-state index in [9.17, 15) is 0 Å². The molecule has 0 aliphatic carbocycles. The Morgan fingerprint density at radius 2 is 0.627 bits per heavy atom. The van der Waals surface area contributed by atoms with Gasteiger partial charge in [-0.25, -0.2) is 0 Å². The van der Waals surface area contributed by atoms with Gasteiger partial charge in [-0.15, -0.1) is 0 Å². The van der Waals surface area contributed by atoms with Gasteiger partial charge in [0.15, 0.2) is 0 Å². The van der Waals surface area contributed by atoms with Gasteiger partial charge >= 0.3 is 0 Å². The Kier molecular flexibility index (Phi) is 11.5. The lowest BCUT2D eigenvalue weighted by molar-refractivity contribution is 1.19. The summed E-state index contributed by atoms with van der Waals surface area (Å²) in [6, 6.07) is 86.0. The quantitative estimate of drug-likeness (QED) is 0.130. The normalized spacial score (nSPS) is 11.0. The molecule has 0 spiro atoms. The molecule has 0 saturated heterocycles. The number of hydrogen-bond donors (Lipinski definition) is 0. The zero-order valence-corrected chi connectivity index (χ0v) is 36.9. The van der Waals surface area contributed by atoms with Gasteiger partial charge in [0.25, 0.3) is 0 Å². The maximum absolute atomic E-state index is 5.11. The van der Waals surface area contributed by atoms with E-state index in [-0.39, 0.29) is 0 Å². The van der Waals surface area contributed by atoms with Crippen molar-refractivity contribution in [3.63, 3.8) is 0 Å². The number of benzene rings is 8. The third-order valence-electron chi connectivity index (χ3n) is 12.5. The fourth-order valence-corrected chi connectivity index (χ4v) is 9.20. The van der Waals surface area contributed by atoms with Crippen LogP contribution in [0.4, 0.5) is 0 Å². The van der Waals surface area contributed by atoms with Crippen LogP contribution in [0.15, 0.2) is 261 Å². The molecular formula is C64H45N3. The molecule has 0 radical (unpaired) electrons. The molecule has 0 N–H and O–H groups in total. The molecule has 11 rings (SSSR count). The van der Waals surface area contributed by atoms with Gasteiger partial charge < -0.3 is 0 Å². The monoisotopic (exact) mass is 855 g/mol. The maximum Gasteiger partial charge on any atom is 0.0708 e. The fourth-order valence-electron chi connectivity index (χ4n) is 9.20. The second kappa shape index (κ2) is 18.7. The van der Waals surface area contributed by atoms with Crippen molar-refractivity contribution >= 4 is 0 Å². The number of hydrogen-bond acceptors (Lipinski definition) is 3. The lowest BCUT2D eigenvalue weighted by Crippen LogP contribution is -1.97. The first kappa shape index (κ1) is 40.9. The summed E-state index contributed by atoms with van der Waals surface area (Å²) in [5, 5.41) is 0. The smallest absolute Gasteiger partial charge is 0.0708 e. The van der Waals surface area contributed by atoms with Gasteiger partial charge in [0.1, 0.15) is 0 Å². The van der Waals surface area contributed by atoms with E-state index in [0.29, 0.717) is 0 Å². The second-order valence-corrected chi connectivity index (χ2v) is 16.8. The summed E-state index contributed by atoms with van der Waals surface area (Å²) in [6.45, 7) is 0. The second-order valence-electron chi connectivity index (χ2n) is 16.8. The molecule has 3 heterocycles. The van der Waals surface area contributed by atoms with E-state index in [2.05, 4.69) is 231 Å². The molecule has 0 fully saturated rings. The topological polar surface area (TPSA) is 38.7 Å². The summed E-state index contributed by atoms with van der Waals surface area (Å²) in [7, 11) is 0. The highest BCUT2D eigenvalue weighted by Gasteiger charge is 2.18. The highest BCUT2D eigenvalue weighted by atomic mass is 14.7. The largest absolute Gasteiger partial charge is 0.256 e. The minimum absolute atomic E-state index is 0.720. The van der Waals surface area contributed by atoms with Crippen LogP contribution in [-0.4, -0.2) is 15.0 Å². The van der Waals surface area contributed by atoms with Crippen LogP contribution in [-0.2, 0) is 6.42 Å². The van der Waals surface area contributed by atoms with E-state index in [1.165, 1.54) is 16.7 Å². The standard InChI is InChI=1S/C64H45N3/c1-5-19-46(20-6-1)60-41-64(49-25-11-4-12-26-49)67-44-61(60)59-32-18-17-31-58(59)54-39-45(37-50-27-13-14-28-55(50)51-33-35-62(65-42-51)47-21-7-2-8-22-47)38-53(40-54)57-30-16-15-29-56(57)52-34-36-63(66-43-52)48-23-9-3-10-24-48/h1-36,38-44H,37H2. The molecule has 0 aliphatic heterocycles. The molecule has 8 aromatic carbocycles. The molecule has 67 heavy (non-hydrogen) atoms. The molecular weight excluding hydrogens is 811 g/mol. The van der Waals surface area contributed by atoms with E-state index < -0.39 is 0 Å². The van der Waals surface area contributed by atoms with Crippen LogP contribution in [0.3, 0.4) is 0 Å². The Balaban J connectivity index is 1.05. The molecule has 0 unspecified atom stereocenters. The maximum atomic E-state index is 5.11. The van der Waals surface area contributed by atoms with Gasteiger partial charge in [-0.1, -0.05) is 218 Å². The number of aromatic nitrogens is 3. The predicted octanol–water partition coefficient (Wildman–Crippen LogP) is 16.5. The fraction of sp³-hybridized carbons (Fsp3) is 0.0156. The zero-order valence-electron chi connectivity index (χ0n) is 36.9. The lowest BCUT2D eigenvalue weighted by atomic mass is 9.86. The van der Waals surface area contributed by atoms with Crippen molar-refractivity contribution in [2.75, 3.05) is 0 Å². The summed E-state index contributed by atoms with van der Waals surface area (Å²) >= 11 is 0. The van der Waals surface area contributed by atoms with Crippen molar-refractivity contribution in [2.45, 2.75) is 6.42 Å². The van der Waals surface area contributed by atoms with Gasteiger partial charge in [0.2, 0.25) is 0 Å². The number of pyridine rings is 3. The molecule has 3 nitrogen and oxygen atoms in total. The summed E-state index contributed by atoms with van der Waals surface area (Å²) < 4.78 is 0. The minimum Gasteiger partial charge on any atom is -0.256 e. The first-order valence-corrected chi connectivity index (χ1v) is 22.8. The highest BCUT2D eigenvalue weighted by Crippen LogP contribution is 2.42. The summed E-state index contributed by atoms with van der Waals surface area (Å²) in [6.07, 6.45) is 6.79. The molecule has 0 aliphatic rings. The Bertz CT molecular complexity index is 3440. The zero-order chi connectivity index (χ0) is 44.8. The molecule has 0 atom stereocenters. The van der Waals surface area contributed by atoms with E-state index in [0.717, 1.165) is 101 Å². The van der Waals surface area contributed by atoms with Gasteiger partial charge in [0, 0.05) is 52.0 Å². The first-order valence-electron chi connectivity index (χ1n) is 22.8. The molecule has 316 valence electrons. The van der Waals surface area contributed by atoms with Crippen molar-refractivity contribution < 1.29 is 0 Å². The van der Waals surface area contributed by atoms with Gasteiger partial charge in [-0.2, -0.15) is 0 Å². The Hall–Kier alpha value is -8.79.